The quantitative estimate of drug-likeness (QED) is 0.858. The fourth-order valence-electron chi connectivity index (χ4n) is 2.21. The van der Waals surface area contributed by atoms with Gasteiger partial charge in [-0.2, -0.15) is 0 Å². The lowest BCUT2D eigenvalue weighted by Gasteiger charge is -2.18. The fraction of sp³-hybridized carbons (Fsp3) is 0.583. The molecule has 0 radical (unpaired) electrons. The molecule has 1 aromatic rings. The van der Waals surface area contributed by atoms with Gasteiger partial charge in [0.2, 0.25) is 0 Å². The number of aliphatic hydroxyl groups excluding tert-OH is 1. The zero-order chi connectivity index (χ0) is 12.3. The van der Waals surface area contributed by atoms with E-state index >= 15 is 0 Å². The molecule has 0 saturated carbocycles. The van der Waals surface area contributed by atoms with Gasteiger partial charge in [-0.25, -0.2) is 9.37 Å². The second-order valence-corrected chi connectivity index (χ2v) is 4.32. The van der Waals surface area contributed by atoms with Crippen molar-refractivity contribution >= 4 is 5.82 Å². The lowest BCUT2D eigenvalue weighted by Crippen LogP contribution is -2.23. The molecule has 1 aliphatic rings. The van der Waals surface area contributed by atoms with Crippen molar-refractivity contribution in [2.24, 2.45) is 5.92 Å². The summed E-state index contributed by atoms with van der Waals surface area (Å²) in [5.74, 6) is 0.363. The van der Waals surface area contributed by atoms with Crippen molar-refractivity contribution in [2.45, 2.75) is 13.0 Å². The molecule has 4 nitrogen and oxygen atoms in total. The first-order chi connectivity index (χ1) is 8.26. The Morgan fingerprint density at radius 2 is 2.47 bits per heavy atom. The average molecular weight is 240 g/mol. The summed E-state index contributed by atoms with van der Waals surface area (Å²) in [6.07, 6.45) is 2.52. The highest BCUT2D eigenvalue weighted by Gasteiger charge is 2.26. The summed E-state index contributed by atoms with van der Waals surface area (Å²) in [4.78, 5) is 5.98. The number of aromatic nitrogens is 1. The molecule has 2 heterocycles. The van der Waals surface area contributed by atoms with Gasteiger partial charge in [-0.15, -0.1) is 0 Å². The van der Waals surface area contributed by atoms with Crippen LogP contribution >= 0.6 is 0 Å². The van der Waals surface area contributed by atoms with Crippen LogP contribution in [-0.2, 0) is 11.3 Å². The Morgan fingerprint density at radius 3 is 3.18 bits per heavy atom. The molecule has 5 heteroatoms. The highest BCUT2D eigenvalue weighted by atomic mass is 19.1. The summed E-state index contributed by atoms with van der Waals surface area (Å²) in [5.41, 5.74) is 0.296. The smallest absolute Gasteiger partial charge is 0.171 e. The minimum atomic E-state index is -0.409. The third-order valence-corrected chi connectivity index (χ3v) is 3.11. The van der Waals surface area contributed by atoms with Crippen LogP contribution in [0.15, 0.2) is 12.3 Å². The van der Waals surface area contributed by atoms with Gasteiger partial charge >= 0.3 is 0 Å². The lowest BCUT2D eigenvalue weighted by atomic mass is 10.1. The molecule has 1 fully saturated rings. The van der Waals surface area contributed by atoms with Gasteiger partial charge in [0.25, 0.3) is 0 Å². The largest absolute Gasteiger partial charge is 0.392 e. The lowest BCUT2D eigenvalue weighted by molar-refractivity contribution is 0.161. The Hall–Kier alpha value is -1.20. The van der Waals surface area contributed by atoms with Crippen LogP contribution in [0.25, 0.3) is 0 Å². The van der Waals surface area contributed by atoms with E-state index in [0.29, 0.717) is 23.9 Å². The zero-order valence-corrected chi connectivity index (χ0v) is 9.90. The van der Waals surface area contributed by atoms with E-state index in [0.717, 1.165) is 19.5 Å². The van der Waals surface area contributed by atoms with E-state index < -0.39 is 5.82 Å². The Labute approximate surface area is 100 Å². The topological polar surface area (TPSA) is 45.6 Å². The van der Waals surface area contributed by atoms with E-state index in [1.807, 2.05) is 4.90 Å². The van der Waals surface area contributed by atoms with Gasteiger partial charge < -0.3 is 14.7 Å². The van der Waals surface area contributed by atoms with Crippen LogP contribution in [0.5, 0.6) is 0 Å². The van der Waals surface area contributed by atoms with Crippen molar-refractivity contribution in [3.05, 3.63) is 23.6 Å². The minimum Gasteiger partial charge on any atom is -0.392 e. The Balaban J connectivity index is 2.13. The van der Waals surface area contributed by atoms with Gasteiger partial charge in [0.15, 0.2) is 11.6 Å². The van der Waals surface area contributed by atoms with Gasteiger partial charge in [-0.05, 0) is 12.5 Å². The number of pyridine rings is 1. The van der Waals surface area contributed by atoms with Gasteiger partial charge in [0, 0.05) is 37.9 Å². The number of anilines is 1. The van der Waals surface area contributed by atoms with Gasteiger partial charge in [0.05, 0.1) is 13.2 Å². The monoisotopic (exact) mass is 240 g/mol. The van der Waals surface area contributed by atoms with Crippen LogP contribution < -0.4 is 4.90 Å². The van der Waals surface area contributed by atoms with Crippen molar-refractivity contribution in [1.82, 2.24) is 4.98 Å². The molecule has 1 saturated heterocycles. The maximum atomic E-state index is 13.9. The molecular formula is C12H17FN2O2. The standard InChI is InChI=1S/C12H17FN2O2/c1-17-8-9-3-5-15(6-9)12-11(13)10(7-16)2-4-14-12/h2,4,9,16H,3,5-8H2,1H3. The third kappa shape index (κ3) is 2.56. The van der Waals surface area contributed by atoms with Gasteiger partial charge in [-0.3, -0.25) is 0 Å². The van der Waals surface area contributed by atoms with Crippen molar-refractivity contribution in [2.75, 3.05) is 31.7 Å². The molecule has 1 N–H and O–H groups in total. The maximum absolute atomic E-state index is 13.9. The summed E-state index contributed by atoms with van der Waals surface area (Å²) in [6.45, 7) is 1.94. The van der Waals surface area contributed by atoms with Crippen molar-refractivity contribution in [3.8, 4) is 0 Å². The highest BCUT2D eigenvalue weighted by Crippen LogP contribution is 2.26. The number of methoxy groups -OCH3 is 1. The highest BCUT2D eigenvalue weighted by molar-refractivity contribution is 5.44. The Morgan fingerprint density at radius 1 is 1.65 bits per heavy atom. The van der Waals surface area contributed by atoms with Crippen molar-refractivity contribution < 1.29 is 14.2 Å². The molecule has 0 spiro atoms. The number of ether oxygens (including phenoxy) is 1. The SMILES string of the molecule is COCC1CCN(c2nccc(CO)c2F)C1. The van der Waals surface area contributed by atoms with E-state index in [2.05, 4.69) is 4.98 Å². The molecule has 0 bridgehead atoms. The first-order valence-electron chi connectivity index (χ1n) is 5.74. The molecule has 94 valence electrons. The molecule has 2 rings (SSSR count). The summed E-state index contributed by atoms with van der Waals surface area (Å²) in [5, 5.41) is 9.02. The van der Waals surface area contributed by atoms with Crippen LogP contribution in [0, 0.1) is 11.7 Å². The molecule has 0 amide bonds. The fourth-order valence-corrected chi connectivity index (χ4v) is 2.21. The third-order valence-electron chi connectivity index (χ3n) is 3.11. The van der Waals surface area contributed by atoms with Crippen molar-refractivity contribution in [1.29, 1.82) is 0 Å². The second kappa shape index (κ2) is 5.42. The number of halogens is 1. The summed E-state index contributed by atoms with van der Waals surface area (Å²) in [7, 11) is 1.67. The first-order valence-corrected chi connectivity index (χ1v) is 5.74. The van der Waals surface area contributed by atoms with E-state index in [4.69, 9.17) is 9.84 Å². The van der Waals surface area contributed by atoms with Gasteiger partial charge in [-0.1, -0.05) is 0 Å². The molecule has 0 aromatic carbocycles. The van der Waals surface area contributed by atoms with E-state index in [1.54, 1.807) is 7.11 Å². The molecule has 1 aliphatic heterocycles. The predicted octanol–water partition coefficient (Wildman–Crippen LogP) is 1.19. The summed E-state index contributed by atoms with van der Waals surface area (Å²) < 4.78 is 19.0. The normalized spacial score (nSPS) is 19.9. The van der Waals surface area contributed by atoms with Crippen molar-refractivity contribution in [3.63, 3.8) is 0 Å². The molecule has 17 heavy (non-hydrogen) atoms. The Kier molecular flexibility index (Phi) is 3.91. The van der Waals surface area contributed by atoms with Crippen LogP contribution in [0.2, 0.25) is 0 Å². The Bertz CT molecular complexity index is 387. The number of aliphatic hydroxyl groups is 1. The average Bonchev–Trinajstić information content (AvgIpc) is 2.78. The maximum Gasteiger partial charge on any atom is 0.171 e. The molecular weight excluding hydrogens is 223 g/mol. The summed E-state index contributed by atoms with van der Waals surface area (Å²) >= 11 is 0. The first kappa shape index (κ1) is 12.3. The molecule has 1 unspecified atom stereocenters. The second-order valence-electron chi connectivity index (χ2n) is 4.32. The molecule has 1 aromatic heterocycles. The van der Waals surface area contributed by atoms with Crippen LogP contribution in [0.1, 0.15) is 12.0 Å². The number of nitrogens with zero attached hydrogens (tertiary/aromatic N) is 2. The van der Waals surface area contributed by atoms with E-state index in [-0.39, 0.29) is 6.61 Å². The number of hydrogen-bond donors (Lipinski definition) is 1. The molecule has 1 atom stereocenters. The minimum absolute atomic E-state index is 0.295. The van der Waals surface area contributed by atoms with Crippen LogP contribution in [0.4, 0.5) is 10.2 Å². The van der Waals surface area contributed by atoms with Gasteiger partial charge in [0.1, 0.15) is 0 Å². The van der Waals surface area contributed by atoms with Crippen LogP contribution in [0.3, 0.4) is 0 Å². The number of rotatable bonds is 4. The number of hydrogen-bond acceptors (Lipinski definition) is 4. The van der Waals surface area contributed by atoms with Crippen LogP contribution in [-0.4, -0.2) is 36.9 Å². The van der Waals surface area contributed by atoms with E-state index in [9.17, 15) is 4.39 Å². The summed E-state index contributed by atoms with van der Waals surface area (Å²) in [6, 6.07) is 1.50. The zero-order valence-electron chi connectivity index (χ0n) is 9.90. The molecule has 0 aliphatic carbocycles. The van der Waals surface area contributed by atoms with E-state index in [1.165, 1.54) is 12.3 Å². The predicted molar refractivity (Wildman–Crippen MR) is 62.3 cm³/mol.